The third-order valence-electron chi connectivity index (χ3n) is 3.17. The van der Waals surface area contributed by atoms with E-state index < -0.39 is 6.04 Å². The lowest BCUT2D eigenvalue weighted by Gasteiger charge is -2.16. The molecule has 5 nitrogen and oxygen atoms in total. The van der Waals surface area contributed by atoms with Gasteiger partial charge < -0.3 is 16.0 Å². The summed E-state index contributed by atoms with van der Waals surface area (Å²) in [6.07, 6.45) is 0. The van der Waals surface area contributed by atoms with E-state index in [4.69, 9.17) is 23.2 Å². The minimum atomic E-state index is -0.494. The van der Waals surface area contributed by atoms with Crippen LogP contribution in [0.1, 0.15) is 13.8 Å². The van der Waals surface area contributed by atoms with Crippen LogP contribution < -0.4 is 16.0 Å². The minimum absolute atomic E-state index is 0.137. The monoisotopic (exact) mass is 365 g/mol. The van der Waals surface area contributed by atoms with Gasteiger partial charge in [-0.1, -0.05) is 23.2 Å². The third-order valence-corrected chi connectivity index (χ3v) is 3.73. The van der Waals surface area contributed by atoms with Gasteiger partial charge in [-0.3, -0.25) is 9.59 Å². The topological polar surface area (TPSA) is 70.2 Å². The van der Waals surface area contributed by atoms with Crippen LogP contribution in [0, 0.1) is 0 Å². The average Bonchev–Trinajstić information content (AvgIpc) is 2.52. The lowest BCUT2D eigenvalue weighted by atomic mass is 10.2. The number of amides is 2. The van der Waals surface area contributed by atoms with Gasteiger partial charge in [0.25, 0.3) is 0 Å². The van der Waals surface area contributed by atoms with Crippen molar-refractivity contribution in [3.8, 4) is 0 Å². The maximum absolute atomic E-state index is 12.3. The zero-order valence-corrected chi connectivity index (χ0v) is 14.7. The van der Waals surface area contributed by atoms with Crippen LogP contribution in [0.3, 0.4) is 0 Å². The molecule has 2 amide bonds. The number of benzene rings is 2. The quantitative estimate of drug-likeness (QED) is 0.735. The Morgan fingerprint density at radius 3 is 2.21 bits per heavy atom. The minimum Gasteiger partial charge on any atom is -0.374 e. The zero-order valence-electron chi connectivity index (χ0n) is 13.2. The molecule has 2 aromatic rings. The van der Waals surface area contributed by atoms with Crippen LogP contribution in [0.4, 0.5) is 17.1 Å². The standard InChI is InChI=1S/C17H17Cl2N3O2/c1-10(17(24)22-16-9-12(18)3-8-15(16)19)20-13-4-6-14(7-5-13)21-11(2)23/h3-10,20H,1-2H3,(H,21,23)(H,22,24)/t10-/m0/s1. The number of carbonyl (C=O) groups is 2. The number of nitrogens with one attached hydrogen (secondary N) is 3. The first-order valence-electron chi connectivity index (χ1n) is 7.25. The van der Waals surface area contributed by atoms with Crippen LogP contribution in [-0.2, 0) is 9.59 Å². The summed E-state index contributed by atoms with van der Waals surface area (Å²) in [7, 11) is 0. The van der Waals surface area contributed by atoms with E-state index in [0.29, 0.717) is 21.4 Å². The number of halogens is 2. The van der Waals surface area contributed by atoms with Crippen LogP contribution in [0.25, 0.3) is 0 Å². The molecule has 0 aromatic heterocycles. The van der Waals surface area contributed by atoms with Crippen molar-refractivity contribution in [2.75, 3.05) is 16.0 Å². The van der Waals surface area contributed by atoms with Gasteiger partial charge in [-0.25, -0.2) is 0 Å². The number of hydrogen-bond donors (Lipinski definition) is 3. The summed E-state index contributed by atoms with van der Waals surface area (Å²) in [4.78, 5) is 23.3. The van der Waals surface area contributed by atoms with E-state index in [1.807, 2.05) is 0 Å². The van der Waals surface area contributed by atoms with Gasteiger partial charge in [-0.2, -0.15) is 0 Å². The maximum Gasteiger partial charge on any atom is 0.246 e. The molecule has 0 saturated heterocycles. The Morgan fingerprint density at radius 1 is 0.958 bits per heavy atom. The van der Waals surface area contributed by atoms with Crippen molar-refractivity contribution in [3.05, 3.63) is 52.5 Å². The largest absolute Gasteiger partial charge is 0.374 e. The van der Waals surface area contributed by atoms with Gasteiger partial charge in [0.05, 0.1) is 10.7 Å². The molecule has 2 rings (SSSR count). The van der Waals surface area contributed by atoms with Crippen molar-refractivity contribution >= 4 is 52.1 Å². The molecule has 126 valence electrons. The molecule has 0 fully saturated rings. The third kappa shape index (κ3) is 5.15. The highest BCUT2D eigenvalue weighted by molar-refractivity contribution is 6.35. The van der Waals surface area contributed by atoms with Gasteiger partial charge in [0.1, 0.15) is 6.04 Å². The smallest absolute Gasteiger partial charge is 0.246 e. The van der Waals surface area contributed by atoms with Crippen molar-refractivity contribution in [2.24, 2.45) is 0 Å². The van der Waals surface area contributed by atoms with Crippen molar-refractivity contribution in [1.29, 1.82) is 0 Å². The lowest BCUT2D eigenvalue weighted by Crippen LogP contribution is -2.31. The number of carbonyl (C=O) groups excluding carboxylic acids is 2. The maximum atomic E-state index is 12.3. The van der Waals surface area contributed by atoms with Gasteiger partial charge in [-0.05, 0) is 49.4 Å². The Kier molecular flexibility index (Phi) is 6.06. The zero-order chi connectivity index (χ0) is 17.7. The van der Waals surface area contributed by atoms with E-state index in [9.17, 15) is 9.59 Å². The number of anilines is 3. The Hall–Kier alpha value is -2.24. The fraction of sp³-hybridized carbons (Fsp3) is 0.176. The second kappa shape index (κ2) is 8.04. The molecule has 0 aliphatic rings. The average molecular weight is 366 g/mol. The van der Waals surface area contributed by atoms with Crippen LogP contribution >= 0.6 is 23.2 Å². The van der Waals surface area contributed by atoms with Crippen molar-refractivity contribution < 1.29 is 9.59 Å². The van der Waals surface area contributed by atoms with Crippen LogP contribution in [0.5, 0.6) is 0 Å². The van der Waals surface area contributed by atoms with Crippen LogP contribution in [-0.4, -0.2) is 17.9 Å². The fourth-order valence-electron chi connectivity index (χ4n) is 2.00. The molecule has 0 heterocycles. The molecule has 3 N–H and O–H groups in total. The Balaban J connectivity index is 1.98. The summed E-state index contributed by atoms with van der Waals surface area (Å²) in [5, 5.41) is 9.39. The molecule has 7 heteroatoms. The first-order chi connectivity index (χ1) is 11.3. The molecule has 0 aliphatic heterocycles. The molecule has 0 saturated carbocycles. The molecule has 1 atom stereocenters. The van der Waals surface area contributed by atoms with E-state index in [1.54, 1.807) is 49.4 Å². The van der Waals surface area contributed by atoms with E-state index in [1.165, 1.54) is 6.92 Å². The highest BCUT2D eigenvalue weighted by atomic mass is 35.5. The molecule has 0 spiro atoms. The van der Waals surface area contributed by atoms with Gasteiger partial charge in [0.2, 0.25) is 11.8 Å². The van der Waals surface area contributed by atoms with Crippen molar-refractivity contribution in [2.45, 2.75) is 19.9 Å². The van der Waals surface area contributed by atoms with E-state index >= 15 is 0 Å². The van der Waals surface area contributed by atoms with Gasteiger partial charge in [0, 0.05) is 23.3 Å². The first kappa shape index (κ1) is 18.1. The fourth-order valence-corrected chi connectivity index (χ4v) is 2.34. The second-order valence-corrected chi connectivity index (χ2v) is 6.08. The van der Waals surface area contributed by atoms with Gasteiger partial charge >= 0.3 is 0 Å². The predicted molar refractivity (Wildman–Crippen MR) is 98.9 cm³/mol. The first-order valence-corrected chi connectivity index (χ1v) is 8.01. The SMILES string of the molecule is CC(=O)Nc1ccc(N[C@@H](C)C(=O)Nc2cc(Cl)ccc2Cl)cc1. The normalized spacial score (nSPS) is 11.5. The highest BCUT2D eigenvalue weighted by Gasteiger charge is 2.14. The van der Waals surface area contributed by atoms with Gasteiger partial charge in [-0.15, -0.1) is 0 Å². The summed E-state index contributed by atoms with van der Waals surface area (Å²) in [6, 6.07) is 11.4. The Labute approximate surface area is 150 Å². The molecule has 0 bridgehead atoms. The van der Waals surface area contributed by atoms with E-state index in [2.05, 4.69) is 16.0 Å². The molecule has 0 radical (unpaired) electrons. The highest BCUT2D eigenvalue weighted by Crippen LogP contribution is 2.25. The lowest BCUT2D eigenvalue weighted by molar-refractivity contribution is -0.116. The number of rotatable bonds is 5. The summed E-state index contributed by atoms with van der Waals surface area (Å²) in [5.41, 5.74) is 1.91. The van der Waals surface area contributed by atoms with E-state index in [0.717, 1.165) is 5.69 Å². The molecular weight excluding hydrogens is 349 g/mol. The molecule has 24 heavy (non-hydrogen) atoms. The number of hydrogen-bond acceptors (Lipinski definition) is 3. The Bertz CT molecular complexity index is 748. The molecule has 2 aromatic carbocycles. The van der Waals surface area contributed by atoms with Crippen LogP contribution in [0.15, 0.2) is 42.5 Å². The summed E-state index contributed by atoms with van der Waals surface area (Å²) in [6.45, 7) is 3.18. The van der Waals surface area contributed by atoms with Crippen LogP contribution in [0.2, 0.25) is 10.0 Å². The molecule has 0 unspecified atom stereocenters. The van der Waals surface area contributed by atoms with Crippen molar-refractivity contribution in [3.63, 3.8) is 0 Å². The summed E-state index contributed by atoms with van der Waals surface area (Å²) in [5.74, 6) is -0.382. The Morgan fingerprint density at radius 2 is 1.58 bits per heavy atom. The van der Waals surface area contributed by atoms with Crippen molar-refractivity contribution in [1.82, 2.24) is 0 Å². The molecular formula is C17H17Cl2N3O2. The predicted octanol–water partition coefficient (Wildman–Crippen LogP) is 4.39. The summed E-state index contributed by atoms with van der Waals surface area (Å²) < 4.78 is 0. The summed E-state index contributed by atoms with van der Waals surface area (Å²) >= 11 is 11.9. The van der Waals surface area contributed by atoms with Gasteiger partial charge in [0.15, 0.2) is 0 Å². The second-order valence-electron chi connectivity index (χ2n) is 5.24. The van der Waals surface area contributed by atoms with E-state index in [-0.39, 0.29) is 11.8 Å². The molecule has 0 aliphatic carbocycles.